The molecule has 0 atom stereocenters. The van der Waals surface area contributed by atoms with Crippen LogP contribution in [-0.2, 0) is 4.79 Å². The second kappa shape index (κ2) is 8.03. The van der Waals surface area contributed by atoms with Crippen molar-refractivity contribution in [2.75, 3.05) is 12.3 Å². The molecular weight excluding hydrogens is 378 g/mol. The topological polar surface area (TPSA) is 64.0 Å². The van der Waals surface area contributed by atoms with E-state index in [9.17, 15) is 9.59 Å². The molecule has 1 aromatic carbocycles. The van der Waals surface area contributed by atoms with E-state index in [0.717, 1.165) is 6.42 Å². The molecule has 1 N–H and O–H groups in total. The van der Waals surface area contributed by atoms with Crippen LogP contribution in [-0.4, -0.2) is 27.8 Å². The molecule has 0 bridgehead atoms. The first-order chi connectivity index (χ1) is 12.1. The van der Waals surface area contributed by atoms with E-state index < -0.39 is 0 Å². The first kappa shape index (κ1) is 18.0. The Hall–Kier alpha value is -1.83. The highest BCUT2D eigenvalue weighted by Gasteiger charge is 2.15. The highest BCUT2D eigenvalue weighted by atomic mass is 35.5. The van der Waals surface area contributed by atoms with Crippen molar-refractivity contribution in [3.8, 4) is 5.69 Å². The number of hydrogen-bond acceptors (Lipinski definition) is 5. The number of nitrogens with zero attached hydrogens (tertiary/aromatic N) is 2. The number of benzene rings is 1. The Morgan fingerprint density at radius 3 is 3.00 bits per heavy atom. The van der Waals surface area contributed by atoms with E-state index in [-0.39, 0.29) is 17.2 Å². The first-order valence-corrected chi connectivity index (χ1v) is 10.00. The lowest BCUT2D eigenvalue weighted by molar-refractivity contribution is -0.118. The number of carbonyl (C=O) groups excluding carboxylic acids is 1. The molecule has 2 heterocycles. The quantitative estimate of drug-likeness (QED) is 0.512. The number of carbonyl (C=O) groups is 1. The van der Waals surface area contributed by atoms with Gasteiger partial charge in [-0.05, 0) is 36.1 Å². The van der Waals surface area contributed by atoms with Crippen LogP contribution in [0.15, 0.2) is 45.7 Å². The van der Waals surface area contributed by atoms with Crippen molar-refractivity contribution in [2.24, 2.45) is 0 Å². The molecule has 0 saturated carbocycles. The number of rotatable bonds is 6. The predicted molar refractivity (Wildman–Crippen MR) is 104 cm³/mol. The third-order valence-corrected chi connectivity index (χ3v) is 5.49. The molecule has 2 aromatic heterocycles. The van der Waals surface area contributed by atoms with E-state index in [4.69, 9.17) is 11.6 Å². The van der Waals surface area contributed by atoms with Gasteiger partial charge in [0.05, 0.1) is 17.0 Å². The van der Waals surface area contributed by atoms with Gasteiger partial charge in [-0.25, -0.2) is 4.98 Å². The third kappa shape index (κ3) is 4.05. The Labute approximate surface area is 158 Å². The summed E-state index contributed by atoms with van der Waals surface area (Å²) in [6.45, 7) is 2.63. The lowest BCUT2D eigenvalue weighted by Crippen LogP contribution is -2.27. The number of aromatic nitrogens is 2. The molecular formula is C17H16ClN3O2S2. The minimum absolute atomic E-state index is 0.0795. The monoisotopic (exact) mass is 393 g/mol. The number of thiophene rings is 1. The van der Waals surface area contributed by atoms with Crippen molar-refractivity contribution in [1.82, 2.24) is 14.9 Å². The molecule has 1 amide bonds. The third-order valence-electron chi connectivity index (χ3n) is 3.42. The van der Waals surface area contributed by atoms with Crippen molar-refractivity contribution in [2.45, 2.75) is 18.5 Å². The summed E-state index contributed by atoms with van der Waals surface area (Å²) in [6.07, 6.45) is 0.878. The minimum atomic E-state index is -0.154. The minimum Gasteiger partial charge on any atom is -0.355 e. The van der Waals surface area contributed by atoms with Crippen LogP contribution in [0, 0.1) is 0 Å². The Morgan fingerprint density at radius 2 is 2.24 bits per heavy atom. The molecule has 0 aliphatic rings. The van der Waals surface area contributed by atoms with Crippen LogP contribution in [0.3, 0.4) is 0 Å². The van der Waals surface area contributed by atoms with Crippen molar-refractivity contribution >= 4 is 50.8 Å². The van der Waals surface area contributed by atoms with Crippen molar-refractivity contribution in [1.29, 1.82) is 0 Å². The average Bonchev–Trinajstić information content (AvgIpc) is 3.07. The molecule has 0 aliphatic heterocycles. The smallest absolute Gasteiger partial charge is 0.276 e. The zero-order valence-electron chi connectivity index (χ0n) is 13.5. The van der Waals surface area contributed by atoms with E-state index >= 15 is 0 Å². The maximum atomic E-state index is 12.9. The Balaban J connectivity index is 2.02. The van der Waals surface area contributed by atoms with Gasteiger partial charge in [-0.3, -0.25) is 14.2 Å². The lowest BCUT2D eigenvalue weighted by atomic mass is 10.3. The van der Waals surface area contributed by atoms with Gasteiger partial charge in [0.2, 0.25) is 5.91 Å². The maximum Gasteiger partial charge on any atom is 0.276 e. The molecule has 25 heavy (non-hydrogen) atoms. The van der Waals surface area contributed by atoms with Crippen molar-refractivity contribution in [3.05, 3.63) is 51.1 Å². The molecule has 0 aliphatic carbocycles. The van der Waals surface area contributed by atoms with Crippen LogP contribution in [0.1, 0.15) is 13.3 Å². The normalized spacial score (nSPS) is 11.0. The number of amides is 1. The zero-order chi connectivity index (χ0) is 17.8. The highest BCUT2D eigenvalue weighted by Crippen LogP contribution is 2.24. The maximum absolute atomic E-state index is 12.9. The Bertz CT molecular complexity index is 968. The van der Waals surface area contributed by atoms with E-state index in [1.807, 2.05) is 18.4 Å². The summed E-state index contributed by atoms with van der Waals surface area (Å²) in [5, 5.41) is 5.67. The molecule has 130 valence electrons. The second-order valence-electron chi connectivity index (χ2n) is 5.29. The molecule has 0 spiro atoms. The number of nitrogens with one attached hydrogen (secondary N) is 1. The fraction of sp³-hybridized carbons (Fsp3) is 0.235. The van der Waals surface area contributed by atoms with Gasteiger partial charge in [0, 0.05) is 11.6 Å². The fourth-order valence-electron chi connectivity index (χ4n) is 2.28. The standard InChI is InChI=1S/C17H16ClN3O2S2/c1-2-7-19-14(22)10-25-17-20-13-6-8-24-15(13)16(23)21(17)12-5-3-4-11(18)9-12/h3-6,8-9H,2,7,10H2,1H3,(H,19,22). The van der Waals surface area contributed by atoms with Crippen LogP contribution >= 0.6 is 34.7 Å². The number of hydrogen-bond donors (Lipinski definition) is 1. The van der Waals surface area contributed by atoms with Crippen LogP contribution in [0.4, 0.5) is 0 Å². The predicted octanol–water partition coefficient (Wildman–Crippen LogP) is 3.72. The summed E-state index contributed by atoms with van der Waals surface area (Å²) in [7, 11) is 0. The van der Waals surface area contributed by atoms with Crippen molar-refractivity contribution in [3.63, 3.8) is 0 Å². The summed E-state index contributed by atoms with van der Waals surface area (Å²) in [5.41, 5.74) is 1.13. The summed E-state index contributed by atoms with van der Waals surface area (Å²) >= 11 is 8.67. The summed E-state index contributed by atoms with van der Waals surface area (Å²) in [4.78, 5) is 29.4. The Morgan fingerprint density at radius 1 is 1.40 bits per heavy atom. The van der Waals surface area contributed by atoms with Gasteiger partial charge in [0.1, 0.15) is 4.70 Å². The van der Waals surface area contributed by atoms with Crippen LogP contribution in [0.2, 0.25) is 5.02 Å². The molecule has 0 saturated heterocycles. The molecule has 3 rings (SSSR count). The molecule has 5 nitrogen and oxygen atoms in total. The van der Waals surface area contributed by atoms with Gasteiger partial charge in [-0.1, -0.05) is 36.4 Å². The highest BCUT2D eigenvalue weighted by molar-refractivity contribution is 7.99. The van der Waals surface area contributed by atoms with Gasteiger partial charge in [0.15, 0.2) is 5.16 Å². The number of fused-ring (bicyclic) bond motifs is 1. The van der Waals surface area contributed by atoms with Crippen LogP contribution in [0.5, 0.6) is 0 Å². The summed E-state index contributed by atoms with van der Waals surface area (Å²) in [6, 6.07) is 8.86. The van der Waals surface area contributed by atoms with E-state index in [1.165, 1.54) is 27.7 Å². The van der Waals surface area contributed by atoms with Crippen molar-refractivity contribution < 1.29 is 4.79 Å². The number of thioether (sulfide) groups is 1. The van der Waals surface area contributed by atoms with Gasteiger partial charge >= 0.3 is 0 Å². The molecule has 0 unspecified atom stereocenters. The van der Waals surface area contributed by atoms with E-state index in [1.54, 1.807) is 24.3 Å². The number of halogens is 1. The SMILES string of the molecule is CCCNC(=O)CSc1nc2ccsc2c(=O)n1-c1cccc(Cl)c1. The van der Waals surface area contributed by atoms with E-state index in [0.29, 0.717) is 32.6 Å². The fourth-order valence-corrected chi connectivity index (χ4v) is 4.06. The van der Waals surface area contributed by atoms with Gasteiger partial charge in [0.25, 0.3) is 5.56 Å². The van der Waals surface area contributed by atoms with Gasteiger partial charge in [-0.2, -0.15) is 0 Å². The lowest BCUT2D eigenvalue weighted by Gasteiger charge is -2.12. The van der Waals surface area contributed by atoms with E-state index in [2.05, 4.69) is 10.3 Å². The van der Waals surface area contributed by atoms with Crippen LogP contribution < -0.4 is 10.9 Å². The average molecular weight is 394 g/mol. The first-order valence-electron chi connectivity index (χ1n) is 7.76. The molecule has 0 radical (unpaired) electrons. The second-order valence-corrected chi connectivity index (χ2v) is 7.58. The largest absolute Gasteiger partial charge is 0.355 e. The van der Waals surface area contributed by atoms with Crippen LogP contribution in [0.25, 0.3) is 15.9 Å². The summed E-state index contributed by atoms with van der Waals surface area (Å²) < 4.78 is 2.10. The molecule has 3 aromatic rings. The van der Waals surface area contributed by atoms with Gasteiger partial charge in [-0.15, -0.1) is 11.3 Å². The molecule has 0 fully saturated rings. The molecule has 8 heteroatoms. The zero-order valence-corrected chi connectivity index (χ0v) is 15.9. The Kier molecular flexibility index (Phi) is 5.78. The summed E-state index contributed by atoms with van der Waals surface area (Å²) in [5.74, 6) is 0.118. The van der Waals surface area contributed by atoms with Gasteiger partial charge < -0.3 is 5.32 Å².